The maximum atomic E-state index is 12.7. The second kappa shape index (κ2) is 9.57. The molecule has 3 heterocycles. The van der Waals surface area contributed by atoms with Gasteiger partial charge >= 0.3 is 6.03 Å². The van der Waals surface area contributed by atoms with E-state index in [0.29, 0.717) is 38.9 Å². The van der Waals surface area contributed by atoms with Crippen molar-refractivity contribution < 1.29 is 4.79 Å². The molecule has 0 saturated carbocycles. The Morgan fingerprint density at radius 3 is 2.64 bits per heavy atom. The summed E-state index contributed by atoms with van der Waals surface area (Å²) in [4.78, 5) is 26.5. The Morgan fingerprint density at radius 1 is 1.06 bits per heavy atom. The van der Waals surface area contributed by atoms with Gasteiger partial charge in [0.1, 0.15) is 16.9 Å². The number of anilines is 3. The minimum atomic E-state index is -0.431. The van der Waals surface area contributed by atoms with Crippen LogP contribution in [-0.2, 0) is 0 Å². The number of urea groups is 1. The highest BCUT2D eigenvalue weighted by atomic mass is 79.9. The first-order valence-corrected chi connectivity index (χ1v) is 12.8. The van der Waals surface area contributed by atoms with E-state index in [2.05, 4.69) is 55.6 Å². The highest BCUT2D eigenvalue weighted by Gasteiger charge is 2.20. The van der Waals surface area contributed by atoms with Crippen molar-refractivity contribution in [3.63, 3.8) is 0 Å². The molecule has 0 aliphatic heterocycles. The second-order valence-electron chi connectivity index (χ2n) is 9.01. The van der Waals surface area contributed by atoms with E-state index >= 15 is 0 Å². The van der Waals surface area contributed by atoms with Crippen molar-refractivity contribution in [3.8, 4) is 11.1 Å². The van der Waals surface area contributed by atoms with Crippen LogP contribution in [0.1, 0.15) is 20.8 Å². The average Bonchev–Trinajstić information content (AvgIpc) is 3.26. The van der Waals surface area contributed by atoms with Gasteiger partial charge in [-0.3, -0.25) is 5.32 Å². The summed E-state index contributed by atoms with van der Waals surface area (Å²) in [5.74, 6) is 0.673. The molecule has 5 rings (SSSR count). The Morgan fingerprint density at radius 2 is 1.86 bits per heavy atom. The third-order valence-electron chi connectivity index (χ3n) is 5.03. The molecule has 2 amide bonds. The Labute approximate surface area is 224 Å². The maximum Gasteiger partial charge on any atom is 0.320 e. The minimum absolute atomic E-state index is 0.317. The summed E-state index contributed by atoms with van der Waals surface area (Å²) in [6.45, 7) is 5.70. The fourth-order valence-electron chi connectivity index (χ4n) is 3.53. The molecule has 0 unspecified atom stereocenters. The van der Waals surface area contributed by atoms with Gasteiger partial charge in [-0.2, -0.15) is 13.7 Å². The van der Waals surface area contributed by atoms with Crippen molar-refractivity contribution in [2.45, 2.75) is 26.3 Å². The quantitative estimate of drug-likeness (QED) is 0.213. The van der Waals surface area contributed by atoms with Crippen molar-refractivity contribution in [1.29, 1.82) is 0 Å². The Kier molecular flexibility index (Phi) is 6.45. The molecule has 0 bridgehead atoms. The molecule has 0 fully saturated rings. The molecule has 3 aromatic heterocycles. The van der Waals surface area contributed by atoms with E-state index in [0.717, 1.165) is 32.9 Å². The lowest BCUT2D eigenvalue weighted by molar-refractivity contribution is 0.243. The fraction of sp³-hybridized carbons (Fsp3) is 0.167. The standard InChI is InChI=1S/C24H20BrClN8OS/c1-24(2,3)32-23(35)31-21-14(19-15(25)5-4-6-16(19)26)9-12-11-27-22(30-20(12)29-21)28-13-7-8-17-18(10-13)34-36-33-17/h4-11H,1-3H3,(H3,27,28,29,30,31,32,35). The van der Waals surface area contributed by atoms with E-state index < -0.39 is 11.6 Å². The highest BCUT2D eigenvalue weighted by Crippen LogP contribution is 2.39. The number of halogens is 2. The normalized spacial score (nSPS) is 11.6. The van der Waals surface area contributed by atoms with Crippen LogP contribution >= 0.6 is 39.3 Å². The lowest BCUT2D eigenvalue weighted by Crippen LogP contribution is -2.43. The van der Waals surface area contributed by atoms with Gasteiger partial charge in [-0.05, 0) is 57.2 Å². The Bertz CT molecular complexity index is 1600. The number of amides is 2. The Hall–Kier alpha value is -3.41. The number of pyridine rings is 1. The zero-order valence-corrected chi connectivity index (χ0v) is 22.6. The molecule has 0 aliphatic carbocycles. The van der Waals surface area contributed by atoms with Gasteiger partial charge in [-0.15, -0.1) is 0 Å². The van der Waals surface area contributed by atoms with Gasteiger partial charge in [0.05, 0.1) is 11.7 Å². The largest absolute Gasteiger partial charge is 0.333 e. The average molecular weight is 584 g/mol. The summed E-state index contributed by atoms with van der Waals surface area (Å²) < 4.78 is 9.25. The number of carbonyl (C=O) groups is 1. The molecule has 0 saturated heterocycles. The highest BCUT2D eigenvalue weighted by molar-refractivity contribution is 9.10. The first kappa shape index (κ1) is 24.3. The lowest BCUT2D eigenvalue weighted by atomic mass is 10.1. The number of benzene rings is 2. The number of fused-ring (bicyclic) bond motifs is 2. The van der Waals surface area contributed by atoms with Crippen LogP contribution in [0.15, 0.2) is 53.1 Å². The van der Waals surface area contributed by atoms with Gasteiger partial charge in [0.15, 0.2) is 5.65 Å². The van der Waals surface area contributed by atoms with Gasteiger partial charge < -0.3 is 10.6 Å². The van der Waals surface area contributed by atoms with Crippen molar-refractivity contribution >= 4 is 84.8 Å². The van der Waals surface area contributed by atoms with Crippen LogP contribution in [0.5, 0.6) is 0 Å². The van der Waals surface area contributed by atoms with Crippen LogP contribution in [0.25, 0.3) is 33.2 Å². The van der Waals surface area contributed by atoms with Gasteiger partial charge in [-0.1, -0.05) is 33.6 Å². The van der Waals surface area contributed by atoms with Crippen molar-refractivity contribution in [3.05, 3.63) is 58.2 Å². The van der Waals surface area contributed by atoms with Gasteiger partial charge in [0.25, 0.3) is 0 Å². The van der Waals surface area contributed by atoms with E-state index in [-0.39, 0.29) is 0 Å². The SMILES string of the molecule is CC(C)(C)NC(=O)Nc1nc2nc(Nc3ccc4nsnc4c3)ncc2cc1-c1c(Cl)cccc1Br. The molecule has 0 aliphatic rings. The summed E-state index contributed by atoms with van der Waals surface area (Å²) in [5, 5.41) is 10.1. The zero-order valence-electron chi connectivity index (χ0n) is 19.4. The van der Waals surface area contributed by atoms with Crippen molar-refractivity contribution in [1.82, 2.24) is 29.0 Å². The van der Waals surface area contributed by atoms with E-state index in [9.17, 15) is 4.79 Å². The van der Waals surface area contributed by atoms with Crippen LogP contribution in [0.4, 0.5) is 22.2 Å². The van der Waals surface area contributed by atoms with E-state index in [1.165, 1.54) is 0 Å². The lowest BCUT2D eigenvalue weighted by Gasteiger charge is -2.21. The summed E-state index contributed by atoms with van der Waals surface area (Å²) in [6, 6.07) is 12.6. The number of carbonyl (C=O) groups excluding carboxylic acids is 1. The van der Waals surface area contributed by atoms with E-state index in [1.54, 1.807) is 12.3 Å². The molecule has 0 radical (unpaired) electrons. The number of nitrogens with zero attached hydrogens (tertiary/aromatic N) is 5. The monoisotopic (exact) mass is 582 g/mol. The topological polar surface area (TPSA) is 118 Å². The predicted molar refractivity (Wildman–Crippen MR) is 148 cm³/mol. The molecule has 0 atom stereocenters. The minimum Gasteiger partial charge on any atom is -0.333 e. The van der Waals surface area contributed by atoms with Gasteiger partial charge in [0, 0.05) is 43.4 Å². The summed E-state index contributed by atoms with van der Waals surface area (Å²) >= 11 is 11.3. The van der Waals surface area contributed by atoms with Crippen LogP contribution in [-0.4, -0.2) is 35.3 Å². The molecular formula is C24H20BrClN8OS. The smallest absolute Gasteiger partial charge is 0.320 e. The fourth-order valence-corrected chi connectivity index (χ4v) is 5.02. The third-order valence-corrected chi connectivity index (χ3v) is 6.56. The number of rotatable bonds is 4. The molecule has 0 spiro atoms. The molecule has 3 N–H and O–H groups in total. The third kappa shape index (κ3) is 5.23. The maximum absolute atomic E-state index is 12.7. The van der Waals surface area contributed by atoms with Gasteiger partial charge in [-0.25, -0.2) is 14.8 Å². The molecule has 9 nitrogen and oxygen atoms in total. The second-order valence-corrected chi connectivity index (χ2v) is 10.8. The van der Waals surface area contributed by atoms with Crippen LogP contribution in [0.2, 0.25) is 5.02 Å². The summed E-state index contributed by atoms with van der Waals surface area (Å²) in [7, 11) is 0. The molecule has 12 heteroatoms. The number of hydrogen-bond acceptors (Lipinski definition) is 8. The van der Waals surface area contributed by atoms with E-state index in [1.807, 2.05) is 57.2 Å². The Balaban J connectivity index is 1.57. The number of aromatic nitrogens is 5. The first-order chi connectivity index (χ1) is 17.2. The number of hydrogen-bond donors (Lipinski definition) is 3. The van der Waals surface area contributed by atoms with Crippen molar-refractivity contribution in [2.24, 2.45) is 0 Å². The van der Waals surface area contributed by atoms with Crippen LogP contribution < -0.4 is 16.0 Å². The van der Waals surface area contributed by atoms with Crippen molar-refractivity contribution in [2.75, 3.05) is 10.6 Å². The number of nitrogens with one attached hydrogen (secondary N) is 3. The van der Waals surface area contributed by atoms with Crippen LogP contribution in [0.3, 0.4) is 0 Å². The summed E-state index contributed by atoms with van der Waals surface area (Å²) in [5.41, 5.74) is 3.70. The molecule has 2 aromatic carbocycles. The zero-order chi connectivity index (χ0) is 25.4. The van der Waals surface area contributed by atoms with E-state index in [4.69, 9.17) is 11.6 Å². The molecule has 182 valence electrons. The molecular weight excluding hydrogens is 564 g/mol. The first-order valence-electron chi connectivity index (χ1n) is 10.9. The summed E-state index contributed by atoms with van der Waals surface area (Å²) in [6.07, 6.45) is 1.67. The van der Waals surface area contributed by atoms with Gasteiger partial charge in [0.2, 0.25) is 5.95 Å². The predicted octanol–water partition coefficient (Wildman–Crippen LogP) is 6.78. The van der Waals surface area contributed by atoms with Crippen LogP contribution in [0, 0.1) is 0 Å². The molecule has 5 aromatic rings. The molecule has 36 heavy (non-hydrogen) atoms.